The Morgan fingerprint density at radius 3 is 2.76 bits per heavy atom. The van der Waals surface area contributed by atoms with Gasteiger partial charge in [-0.15, -0.1) is 0 Å². The molecule has 0 saturated carbocycles. The summed E-state index contributed by atoms with van der Waals surface area (Å²) in [6.45, 7) is 0.519. The SMILES string of the molecule is CS(=O)(=O)CCNC1Cc2ccc(Cl)cc2C1. The van der Waals surface area contributed by atoms with E-state index in [0.29, 0.717) is 12.6 Å². The van der Waals surface area contributed by atoms with Gasteiger partial charge in [0.15, 0.2) is 0 Å². The molecule has 1 aliphatic carbocycles. The zero-order valence-corrected chi connectivity index (χ0v) is 11.3. The maximum atomic E-state index is 11.0. The fourth-order valence-corrected chi connectivity index (χ4v) is 2.86. The summed E-state index contributed by atoms with van der Waals surface area (Å²) in [5.74, 6) is 0.195. The lowest BCUT2D eigenvalue weighted by Gasteiger charge is -2.10. The van der Waals surface area contributed by atoms with Crippen LogP contribution in [0.4, 0.5) is 0 Å². The normalized spacial score (nSPS) is 19.3. The van der Waals surface area contributed by atoms with Crippen LogP contribution in [0.25, 0.3) is 0 Å². The van der Waals surface area contributed by atoms with E-state index in [1.54, 1.807) is 0 Å². The Labute approximate surface area is 107 Å². The molecule has 0 heterocycles. The zero-order valence-electron chi connectivity index (χ0n) is 9.74. The molecule has 17 heavy (non-hydrogen) atoms. The van der Waals surface area contributed by atoms with Gasteiger partial charge in [0.05, 0.1) is 5.75 Å². The molecule has 0 aliphatic heterocycles. The van der Waals surface area contributed by atoms with Crippen molar-refractivity contribution in [3.05, 3.63) is 34.3 Å². The first kappa shape index (κ1) is 12.9. The van der Waals surface area contributed by atoms with E-state index in [2.05, 4.69) is 11.4 Å². The second kappa shape index (κ2) is 4.96. The summed E-state index contributed by atoms with van der Waals surface area (Å²) in [6, 6.07) is 6.29. The predicted molar refractivity (Wildman–Crippen MR) is 70.4 cm³/mol. The summed E-state index contributed by atoms with van der Waals surface area (Å²) < 4.78 is 22.0. The summed E-state index contributed by atoms with van der Waals surface area (Å²) in [5.41, 5.74) is 2.58. The standard InChI is InChI=1S/C12H16ClNO2S/c1-17(15,16)5-4-14-12-7-9-2-3-11(13)6-10(9)8-12/h2-3,6,12,14H,4-5,7-8H2,1H3. The molecule has 0 radical (unpaired) electrons. The second-order valence-electron chi connectivity index (χ2n) is 4.60. The highest BCUT2D eigenvalue weighted by Crippen LogP contribution is 2.25. The number of benzene rings is 1. The van der Waals surface area contributed by atoms with Crippen LogP contribution >= 0.6 is 11.6 Å². The Morgan fingerprint density at radius 2 is 2.06 bits per heavy atom. The fourth-order valence-electron chi connectivity index (χ4n) is 2.18. The van der Waals surface area contributed by atoms with E-state index in [1.807, 2.05) is 12.1 Å². The van der Waals surface area contributed by atoms with E-state index in [1.165, 1.54) is 17.4 Å². The fraction of sp³-hybridized carbons (Fsp3) is 0.500. The Kier molecular flexibility index (Phi) is 3.76. The molecule has 5 heteroatoms. The van der Waals surface area contributed by atoms with Crippen molar-refractivity contribution in [3.63, 3.8) is 0 Å². The molecule has 3 nitrogen and oxygen atoms in total. The lowest BCUT2D eigenvalue weighted by atomic mass is 10.1. The van der Waals surface area contributed by atoms with Gasteiger partial charge in [-0.3, -0.25) is 0 Å². The first-order valence-corrected chi connectivity index (χ1v) is 8.06. The second-order valence-corrected chi connectivity index (χ2v) is 7.30. The van der Waals surface area contributed by atoms with E-state index in [-0.39, 0.29) is 5.75 Å². The molecule has 1 N–H and O–H groups in total. The largest absolute Gasteiger partial charge is 0.312 e. The van der Waals surface area contributed by atoms with Crippen LogP contribution in [0.5, 0.6) is 0 Å². The molecule has 0 fully saturated rings. The van der Waals surface area contributed by atoms with Crippen LogP contribution in [0.2, 0.25) is 5.02 Å². The van der Waals surface area contributed by atoms with E-state index in [9.17, 15) is 8.42 Å². The van der Waals surface area contributed by atoms with Crippen molar-refractivity contribution in [2.24, 2.45) is 0 Å². The van der Waals surface area contributed by atoms with Gasteiger partial charge in [-0.05, 0) is 36.1 Å². The molecule has 94 valence electrons. The van der Waals surface area contributed by atoms with Crippen LogP contribution in [-0.2, 0) is 22.7 Å². The first-order valence-electron chi connectivity index (χ1n) is 5.62. The number of sulfone groups is 1. The molecular weight excluding hydrogens is 258 g/mol. The summed E-state index contributed by atoms with van der Waals surface area (Å²) in [7, 11) is -2.87. The van der Waals surface area contributed by atoms with Crippen LogP contribution in [0.3, 0.4) is 0 Å². The third-order valence-electron chi connectivity index (χ3n) is 3.01. The van der Waals surface area contributed by atoms with Gasteiger partial charge in [0.1, 0.15) is 9.84 Å². The predicted octanol–water partition coefficient (Wildman–Crippen LogP) is 1.44. The third-order valence-corrected chi connectivity index (χ3v) is 4.19. The zero-order chi connectivity index (χ0) is 12.5. The number of hydrogen-bond acceptors (Lipinski definition) is 3. The molecule has 0 spiro atoms. The average Bonchev–Trinajstić information content (AvgIpc) is 2.57. The molecule has 2 rings (SSSR count). The highest BCUT2D eigenvalue weighted by Gasteiger charge is 2.21. The summed E-state index contributed by atoms with van der Waals surface area (Å²) in [4.78, 5) is 0. The Bertz CT molecular complexity index is 513. The minimum absolute atomic E-state index is 0.195. The van der Waals surface area contributed by atoms with Crippen LogP contribution in [0.1, 0.15) is 11.1 Å². The molecule has 1 aromatic rings. The molecule has 0 aromatic heterocycles. The number of hydrogen-bond donors (Lipinski definition) is 1. The smallest absolute Gasteiger partial charge is 0.148 e. The van der Waals surface area contributed by atoms with Crippen molar-refractivity contribution in [1.82, 2.24) is 5.32 Å². The Morgan fingerprint density at radius 1 is 1.35 bits per heavy atom. The number of rotatable bonds is 4. The maximum absolute atomic E-state index is 11.0. The molecule has 1 atom stereocenters. The monoisotopic (exact) mass is 273 g/mol. The molecule has 0 saturated heterocycles. The highest BCUT2D eigenvalue weighted by molar-refractivity contribution is 7.90. The quantitative estimate of drug-likeness (QED) is 0.903. The average molecular weight is 274 g/mol. The topological polar surface area (TPSA) is 46.2 Å². The van der Waals surface area contributed by atoms with Gasteiger partial charge in [-0.1, -0.05) is 17.7 Å². The summed E-state index contributed by atoms with van der Waals surface area (Å²) >= 11 is 5.94. The van der Waals surface area contributed by atoms with Gasteiger partial charge in [0.25, 0.3) is 0 Å². The van der Waals surface area contributed by atoms with E-state index >= 15 is 0 Å². The van der Waals surface area contributed by atoms with E-state index < -0.39 is 9.84 Å². The van der Waals surface area contributed by atoms with Crippen molar-refractivity contribution in [2.45, 2.75) is 18.9 Å². The lowest BCUT2D eigenvalue weighted by molar-refractivity contribution is 0.545. The van der Waals surface area contributed by atoms with Crippen molar-refractivity contribution in [3.8, 4) is 0 Å². The van der Waals surface area contributed by atoms with Crippen LogP contribution in [0, 0.1) is 0 Å². The third kappa shape index (κ3) is 3.69. The van der Waals surface area contributed by atoms with Crippen LogP contribution < -0.4 is 5.32 Å². The summed E-state index contributed by atoms with van der Waals surface area (Å²) in [6.07, 6.45) is 3.15. The first-order chi connectivity index (χ1) is 7.94. The number of nitrogens with one attached hydrogen (secondary N) is 1. The van der Waals surface area contributed by atoms with Crippen molar-refractivity contribution < 1.29 is 8.42 Å². The molecular formula is C12H16ClNO2S. The van der Waals surface area contributed by atoms with Gasteiger partial charge in [-0.25, -0.2) is 8.42 Å². The Balaban J connectivity index is 1.88. The van der Waals surface area contributed by atoms with Crippen LogP contribution in [0.15, 0.2) is 18.2 Å². The number of halogens is 1. The molecule has 1 aliphatic rings. The Hall–Kier alpha value is -0.580. The van der Waals surface area contributed by atoms with Crippen molar-refractivity contribution in [2.75, 3.05) is 18.6 Å². The van der Waals surface area contributed by atoms with Gasteiger partial charge >= 0.3 is 0 Å². The van der Waals surface area contributed by atoms with E-state index in [0.717, 1.165) is 17.9 Å². The van der Waals surface area contributed by atoms with E-state index in [4.69, 9.17) is 11.6 Å². The van der Waals surface area contributed by atoms with Crippen molar-refractivity contribution >= 4 is 21.4 Å². The molecule has 0 bridgehead atoms. The maximum Gasteiger partial charge on any atom is 0.148 e. The van der Waals surface area contributed by atoms with Gasteiger partial charge in [0.2, 0.25) is 0 Å². The summed E-state index contributed by atoms with van der Waals surface area (Å²) in [5, 5.41) is 4.05. The molecule has 0 amide bonds. The van der Waals surface area contributed by atoms with Crippen molar-refractivity contribution in [1.29, 1.82) is 0 Å². The number of fused-ring (bicyclic) bond motifs is 1. The highest BCUT2D eigenvalue weighted by atomic mass is 35.5. The minimum Gasteiger partial charge on any atom is -0.312 e. The lowest BCUT2D eigenvalue weighted by Crippen LogP contribution is -2.33. The van der Waals surface area contributed by atoms with Crippen LogP contribution in [-0.4, -0.2) is 33.0 Å². The molecule has 1 unspecified atom stereocenters. The van der Waals surface area contributed by atoms with Gasteiger partial charge in [-0.2, -0.15) is 0 Å². The van der Waals surface area contributed by atoms with Gasteiger partial charge in [0, 0.05) is 23.9 Å². The van der Waals surface area contributed by atoms with Gasteiger partial charge < -0.3 is 5.32 Å². The molecule has 1 aromatic carbocycles. The minimum atomic E-state index is -2.87.